The number of aromatic nitrogens is 3. The van der Waals surface area contributed by atoms with Gasteiger partial charge < -0.3 is 11.5 Å². The van der Waals surface area contributed by atoms with Crippen LogP contribution in [0.25, 0.3) is 11.4 Å². The molecule has 0 aliphatic heterocycles. The van der Waals surface area contributed by atoms with E-state index < -0.39 is 0 Å². The minimum atomic E-state index is -0.316. The zero-order chi connectivity index (χ0) is 17.8. The molecule has 0 amide bonds. The topological polar surface area (TPSA) is 111 Å². The molecule has 1 unspecified atom stereocenters. The van der Waals surface area contributed by atoms with Crippen molar-refractivity contribution in [3.8, 4) is 11.4 Å². The smallest absolute Gasteiger partial charge is 0.295 e. The second-order valence-electron chi connectivity index (χ2n) is 6.05. The summed E-state index contributed by atoms with van der Waals surface area (Å²) in [6.45, 7) is 1.86. The molecule has 0 saturated carbocycles. The normalized spacial score (nSPS) is 12.1. The highest BCUT2D eigenvalue weighted by molar-refractivity contribution is 5.62. The van der Waals surface area contributed by atoms with Gasteiger partial charge in [0.1, 0.15) is 5.69 Å². The number of nitrogen functional groups attached to an aromatic ring is 1. The van der Waals surface area contributed by atoms with Gasteiger partial charge in [-0.3, -0.25) is 9.89 Å². The van der Waals surface area contributed by atoms with Gasteiger partial charge in [-0.1, -0.05) is 30.3 Å². The molecule has 128 valence electrons. The van der Waals surface area contributed by atoms with E-state index in [2.05, 4.69) is 15.2 Å². The van der Waals surface area contributed by atoms with Crippen LogP contribution in [0.1, 0.15) is 29.8 Å². The van der Waals surface area contributed by atoms with Crippen molar-refractivity contribution in [2.75, 3.05) is 5.73 Å². The van der Waals surface area contributed by atoms with E-state index in [1.165, 1.54) is 0 Å². The highest BCUT2D eigenvalue weighted by Gasteiger charge is 2.11. The molecular formula is C19H21N5O. The molecule has 1 aromatic heterocycles. The maximum atomic E-state index is 12.3. The molecule has 0 fully saturated rings. The second kappa shape index (κ2) is 7.27. The Bertz CT molecular complexity index is 919. The number of hydrogen-bond acceptors (Lipinski definition) is 5. The first-order valence-corrected chi connectivity index (χ1v) is 8.19. The van der Waals surface area contributed by atoms with E-state index in [0.29, 0.717) is 23.6 Å². The summed E-state index contributed by atoms with van der Waals surface area (Å²) >= 11 is 0. The molecule has 0 spiro atoms. The van der Waals surface area contributed by atoms with E-state index in [-0.39, 0.29) is 11.6 Å². The highest BCUT2D eigenvalue weighted by Crippen LogP contribution is 2.24. The summed E-state index contributed by atoms with van der Waals surface area (Å²) in [7, 11) is 0. The Morgan fingerprint density at radius 2 is 1.88 bits per heavy atom. The van der Waals surface area contributed by atoms with Crippen LogP contribution >= 0.6 is 0 Å². The van der Waals surface area contributed by atoms with E-state index in [9.17, 15) is 4.79 Å². The molecule has 6 nitrogen and oxygen atoms in total. The van der Waals surface area contributed by atoms with Crippen molar-refractivity contribution in [1.82, 2.24) is 15.2 Å². The molecule has 2 aromatic carbocycles. The predicted molar refractivity (Wildman–Crippen MR) is 99.0 cm³/mol. The Morgan fingerprint density at radius 1 is 1.12 bits per heavy atom. The van der Waals surface area contributed by atoms with Crippen LogP contribution in [0.15, 0.2) is 53.3 Å². The number of aromatic amines is 1. The number of hydrogen-bond donors (Lipinski definition) is 3. The maximum absolute atomic E-state index is 12.3. The summed E-state index contributed by atoms with van der Waals surface area (Å²) in [4.78, 5) is 16.4. The number of nitrogens with zero attached hydrogens (tertiary/aromatic N) is 2. The van der Waals surface area contributed by atoms with E-state index in [0.717, 1.165) is 23.1 Å². The molecular weight excluding hydrogens is 314 g/mol. The van der Waals surface area contributed by atoms with Crippen molar-refractivity contribution in [2.45, 2.75) is 25.8 Å². The fraction of sp³-hybridized carbons (Fsp3) is 0.211. The van der Waals surface area contributed by atoms with Crippen molar-refractivity contribution in [3.05, 3.63) is 75.7 Å². The Labute approximate surface area is 145 Å². The first-order valence-electron chi connectivity index (χ1n) is 8.19. The van der Waals surface area contributed by atoms with Crippen LogP contribution in [0.3, 0.4) is 0 Å². The lowest BCUT2D eigenvalue weighted by atomic mass is 10.0. The van der Waals surface area contributed by atoms with Gasteiger partial charge in [-0.15, -0.1) is 0 Å². The molecule has 0 aliphatic rings. The standard InChI is InChI=1S/C19H21N5O/c1-12(20)15-11-14(8-9-16(15)21)18-22-19(25)17(23-24-18)10-7-13-5-3-2-4-6-13/h2-6,8-9,11-12H,7,10,20-21H2,1H3,(H,22,24,25). The van der Waals surface area contributed by atoms with E-state index >= 15 is 0 Å². The number of rotatable bonds is 5. The van der Waals surface area contributed by atoms with E-state index in [1.807, 2.05) is 43.3 Å². The van der Waals surface area contributed by atoms with Gasteiger partial charge in [-0.05, 0) is 42.7 Å². The molecule has 0 saturated heterocycles. The Morgan fingerprint density at radius 3 is 2.56 bits per heavy atom. The van der Waals surface area contributed by atoms with Crippen molar-refractivity contribution in [3.63, 3.8) is 0 Å². The van der Waals surface area contributed by atoms with E-state index in [1.54, 1.807) is 12.1 Å². The van der Waals surface area contributed by atoms with Crippen LogP contribution in [0.5, 0.6) is 0 Å². The third-order valence-electron chi connectivity index (χ3n) is 4.10. The Kier molecular flexibility index (Phi) is 4.90. The first-order chi connectivity index (χ1) is 12.0. The third kappa shape index (κ3) is 3.92. The number of benzene rings is 2. The van der Waals surface area contributed by atoms with Crippen LogP contribution in [0, 0.1) is 0 Å². The van der Waals surface area contributed by atoms with Crippen LogP contribution in [0.2, 0.25) is 0 Å². The molecule has 1 heterocycles. The van der Waals surface area contributed by atoms with Gasteiger partial charge in [-0.25, -0.2) is 0 Å². The first kappa shape index (κ1) is 16.9. The molecule has 3 aromatic rings. The molecule has 25 heavy (non-hydrogen) atoms. The average molecular weight is 335 g/mol. The summed E-state index contributed by atoms with van der Waals surface area (Å²) in [5, 5.41) is 7.08. The lowest BCUT2D eigenvalue weighted by Gasteiger charge is -2.11. The van der Waals surface area contributed by atoms with Crippen molar-refractivity contribution in [2.24, 2.45) is 5.73 Å². The summed E-state index contributed by atoms with van der Waals surface area (Å²) in [5.74, 6) is 0.412. The summed E-state index contributed by atoms with van der Waals surface area (Å²) in [6.07, 6.45) is 1.29. The van der Waals surface area contributed by atoms with E-state index in [4.69, 9.17) is 11.5 Å². The predicted octanol–water partition coefficient (Wildman–Crippen LogP) is 2.22. The second-order valence-corrected chi connectivity index (χ2v) is 6.05. The van der Waals surface area contributed by atoms with Crippen LogP contribution in [0.4, 0.5) is 5.69 Å². The minimum Gasteiger partial charge on any atom is -0.398 e. The number of aryl methyl sites for hydroxylation is 2. The highest BCUT2D eigenvalue weighted by atomic mass is 16.1. The Hall–Kier alpha value is -2.99. The van der Waals surface area contributed by atoms with Crippen molar-refractivity contribution in [1.29, 1.82) is 0 Å². The fourth-order valence-electron chi connectivity index (χ4n) is 2.68. The fourth-order valence-corrected chi connectivity index (χ4v) is 2.68. The van der Waals surface area contributed by atoms with Gasteiger partial charge in [0.25, 0.3) is 5.56 Å². The number of nitrogens with one attached hydrogen (secondary N) is 1. The van der Waals surface area contributed by atoms with Gasteiger partial charge in [0.15, 0.2) is 5.82 Å². The average Bonchev–Trinajstić information content (AvgIpc) is 2.61. The summed E-state index contributed by atoms with van der Waals surface area (Å²) in [6, 6.07) is 15.2. The Balaban J connectivity index is 1.82. The molecule has 5 N–H and O–H groups in total. The van der Waals surface area contributed by atoms with Crippen LogP contribution in [-0.2, 0) is 12.8 Å². The molecule has 0 radical (unpaired) electrons. The minimum absolute atomic E-state index is 0.204. The van der Waals surface area contributed by atoms with Gasteiger partial charge in [-0.2, -0.15) is 10.1 Å². The van der Waals surface area contributed by atoms with Crippen molar-refractivity contribution >= 4 is 5.69 Å². The number of H-pyrrole nitrogens is 1. The lowest BCUT2D eigenvalue weighted by Crippen LogP contribution is -2.18. The van der Waals surface area contributed by atoms with Gasteiger partial charge in [0.2, 0.25) is 0 Å². The zero-order valence-corrected chi connectivity index (χ0v) is 14.1. The number of nitrogens with two attached hydrogens (primary N) is 2. The SMILES string of the molecule is CC(N)c1cc(-c2nc(=O)c(CCc3ccccc3)n[nH]2)ccc1N. The zero-order valence-electron chi connectivity index (χ0n) is 14.1. The summed E-state index contributed by atoms with van der Waals surface area (Å²) in [5.41, 5.74) is 15.3. The third-order valence-corrected chi connectivity index (χ3v) is 4.10. The number of anilines is 1. The monoisotopic (exact) mass is 335 g/mol. The molecule has 1 atom stereocenters. The lowest BCUT2D eigenvalue weighted by molar-refractivity contribution is 0.812. The summed E-state index contributed by atoms with van der Waals surface area (Å²) < 4.78 is 0. The van der Waals surface area contributed by atoms with Crippen LogP contribution in [-0.4, -0.2) is 15.2 Å². The van der Waals surface area contributed by atoms with Gasteiger partial charge >= 0.3 is 0 Å². The van der Waals surface area contributed by atoms with Crippen LogP contribution < -0.4 is 17.0 Å². The van der Waals surface area contributed by atoms with Gasteiger partial charge in [0.05, 0.1) is 0 Å². The largest absolute Gasteiger partial charge is 0.398 e. The quantitative estimate of drug-likeness (QED) is 0.619. The van der Waals surface area contributed by atoms with Gasteiger partial charge in [0, 0.05) is 23.7 Å². The molecule has 0 aliphatic carbocycles. The molecule has 3 rings (SSSR count). The molecule has 0 bridgehead atoms. The molecule has 6 heteroatoms. The maximum Gasteiger partial charge on any atom is 0.295 e. The van der Waals surface area contributed by atoms with Crippen molar-refractivity contribution < 1.29 is 0 Å².